The van der Waals surface area contributed by atoms with Crippen molar-refractivity contribution in [3.05, 3.63) is 194 Å². The van der Waals surface area contributed by atoms with Gasteiger partial charge in [-0.2, -0.15) is 15.8 Å². The topological polar surface area (TPSA) is 144 Å². The van der Waals surface area contributed by atoms with Crippen LogP contribution in [0.2, 0.25) is 0 Å². The molecule has 0 unspecified atom stereocenters. The van der Waals surface area contributed by atoms with Gasteiger partial charge in [-0.1, -0.05) is 78.9 Å². The molecule has 10 nitrogen and oxygen atoms in total. The van der Waals surface area contributed by atoms with Crippen molar-refractivity contribution in [1.82, 2.24) is 18.8 Å². The van der Waals surface area contributed by atoms with Crippen molar-refractivity contribution in [2.24, 2.45) is 0 Å². The predicted molar refractivity (Wildman–Crippen MR) is 242 cm³/mol. The number of rotatable bonds is 2. The second-order valence-electron chi connectivity index (χ2n) is 14.9. The van der Waals surface area contributed by atoms with E-state index in [2.05, 4.69) is 23.1 Å². The summed E-state index contributed by atoms with van der Waals surface area (Å²) in [7, 11) is 0. The third-order valence-electron chi connectivity index (χ3n) is 11.6. The Morgan fingerprint density at radius 2 is 1.00 bits per heavy atom. The molecule has 8 aromatic carbocycles. The maximum Gasteiger partial charge on any atom is 0.264 e. The lowest BCUT2D eigenvalue weighted by Crippen LogP contribution is -2.13. The van der Waals surface area contributed by atoms with Gasteiger partial charge in [0.1, 0.15) is 11.3 Å². The number of nitrogens with zero attached hydrogens (tertiary/aromatic N) is 8. The van der Waals surface area contributed by atoms with Crippen LogP contribution in [0.15, 0.2) is 155 Å². The third-order valence-corrected chi connectivity index (χ3v) is 11.6. The fourth-order valence-electron chi connectivity index (χ4n) is 8.92. The van der Waals surface area contributed by atoms with Crippen molar-refractivity contribution in [3.63, 3.8) is 0 Å². The van der Waals surface area contributed by atoms with Crippen LogP contribution >= 0.6 is 0 Å². The van der Waals surface area contributed by atoms with Gasteiger partial charge in [-0.15, -0.1) is 0 Å². The first-order chi connectivity index (χ1) is 30.4. The number of nitriles is 3. The molecule has 62 heavy (non-hydrogen) atoms. The second-order valence-corrected chi connectivity index (χ2v) is 14.9. The molecule has 0 saturated heterocycles. The molecule has 0 atom stereocenters. The van der Waals surface area contributed by atoms with Crippen molar-refractivity contribution in [2.45, 2.75) is 0 Å². The Kier molecular flexibility index (Phi) is 7.79. The van der Waals surface area contributed by atoms with Gasteiger partial charge in [0.25, 0.3) is 11.1 Å². The molecule has 0 aliphatic rings. The van der Waals surface area contributed by atoms with Crippen molar-refractivity contribution >= 4 is 82.1 Å². The molecule has 4 heterocycles. The average Bonchev–Trinajstić information content (AvgIpc) is 3.91. The quantitative estimate of drug-likeness (QED) is 0.158. The van der Waals surface area contributed by atoms with Crippen LogP contribution < -0.4 is 11.1 Å². The molecule has 0 fully saturated rings. The normalized spacial score (nSPS) is 11.3. The van der Waals surface area contributed by atoms with Crippen LogP contribution in [-0.2, 0) is 0 Å². The van der Waals surface area contributed by atoms with Crippen LogP contribution in [0.5, 0.6) is 0 Å². The molecular weight excluding hydrogens is 769 g/mol. The Hall–Kier alpha value is -9.48. The van der Waals surface area contributed by atoms with Crippen molar-refractivity contribution in [1.29, 1.82) is 15.8 Å². The van der Waals surface area contributed by atoms with Gasteiger partial charge in [0.2, 0.25) is 0 Å². The van der Waals surface area contributed by atoms with E-state index in [4.69, 9.17) is 16.5 Å². The fraction of sp³-hybridized carbons (Fsp3) is 0. The van der Waals surface area contributed by atoms with Crippen LogP contribution in [0.4, 0.5) is 5.69 Å². The summed E-state index contributed by atoms with van der Waals surface area (Å²) in [5.74, 6) is 0. The first-order valence-electron chi connectivity index (χ1n) is 19.5. The lowest BCUT2D eigenvalue weighted by Gasteiger charge is -2.13. The Bertz CT molecular complexity index is 4080. The van der Waals surface area contributed by atoms with Gasteiger partial charge in [0, 0.05) is 43.1 Å². The van der Waals surface area contributed by atoms with E-state index in [1.54, 1.807) is 57.3 Å². The minimum absolute atomic E-state index is 0.186. The van der Waals surface area contributed by atoms with E-state index < -0.39 is 0 Å². The molecule has 284 valence electrons. The average molecular weight is 793 g/mol. The molecular formula is C52H24N8O2. The Morgan fingerprint density at radius 1 is 0.484 bits per heavy atom. The highest BCUT2D eigenvalue weighted by atomic mass is 16.1. The van der Waals surface area contributed by atoms with Crippen LogP contribution in [0.3, 0.4) is 0 Å². The smallest absolute Gasteiger partial charge is 0.264 e. The highest BCUT2D eigenvalue weighted by Crippen LogP contribution is 2.40. The zero-order valence-electron chi connectivity index (χ0n) is 32.3. The number of aromatic nitrogens is 4. The maximum atomic E-state index is 13.6. The van der Waals surface area contributed by atoms with E-state index in [0.29, 0.717) is 66.5 Å². The summed E-state index contributed by atoms with van der Waals surface area (Å²) in [5.41, 5.74) is 8.96. The number of pyridine rings is 2. The van der Waals surface area contributed by atoms with Crippen LogP contribution in [0.25, 0.3) is 104 Å². The van der Waals surface area contributed by atoms with Gasteiger partial charge in [-0.05, 0) is 89.0 Å². The van der Waals surface area contributed by atoms with E-state index in [-0.39, 0.29) is 11.1 Å². The summed E-state index contributed by atoms with van der Waals surface area (Å²) in [6, 6.07) is 51.4. The van der Waals surface area contributed by atoms with E-state index in [1.807, 2.05) is 97.1 Å². The van der Waals surface area contributed by atoms with Crippen molar-refractivity contribution < 1.29 is 0 Å². The lowest BCUT2D eigenvalue weighted by molar-refractivity contribution is 1.19. The van der Waals surface area contributed by atoms with E-state index in [0.717, 1.165) is 54.6 Å². The van der Waals surface area contributed by atoms with E-state index >= 15 is 0 Å². The van der Waals surface area contributed by atoms with Crippen LogP contribution in [-0.4, -0.2) is 18.8 Å². The predicted octanol–water partition coefficient (Wildman–Crippen LogP) is 10.7. The van der Waals surface area contributed by atoms with E-state index in [1.165, 1.54) is 0 Å². The SMILES string of the molecule is N#Cc1ccc2c(c1)nc1c3ccc(C#N)c4c(-c5ccccc5)ccc(c(=O)n21)c43.[C-]#[N+]c1ccc2nc3c4ccc(C#N)c5c(-c6ccccc6)ccc(c(=O)n3c2c1)c54. The minimum Gasteiger partial charge on any atom is -0.268 e. The molecule has 0 spiro atoms. The molecule has 12 rings (SSSR count). The number of imidazole rings is 2. The molecule has 0 radical (unpaired) electrons. The first-order valence-corrected chi connectivity index (χ1v) is 19.5. The van der Waals surface area contributed by atoms with Gasteiger partial charge in [-0.25, -0.2) is 14.8 Å². The van der Waals surface area contributed by atoms with Crippen LogP contribution in [0.1, 0.15) is 16.7 Å². The highest BCUT2D eigenvalue weighted by Gasteiger charge is 2.22. The third kappa shape index (κ3) is 5.06. The Labute approximate surface area is 350 Å². The summed E-state index contributed by atoms with van der Waals surface area (Å²) >= 11 is 0. The number of fused-ring (bicyclic) bond motifs is 8. The number of benzene rings is 8. The zero-order valence-corrected chi connectivity index (χ0v) is 32.3. The van der Waals surface area contributed by atoms with E-state index in [9.17, 15) is 25.4 Å². The molecule has 12 aromatic rings. The highest BCUT2D eigenvalue weighted by molar-refractivity contribution is 6.22. The summed E-state index contributed by atoms with van der Waals surface area (Å²) in [6.07, 6.45) is 0. The Morgan fingerprint density at radius 3 is 1.52 bits per heavy atom. The first kappa shape index (κ1) is 35.7. The standard InChI is InChI=1S/2C26H12N4O/c1-28-17-8-12-21-22(13-17)30-25(29-21)19-9-7-16(14-27)23-18(15-5-3-2-4-6-15)10-11-20(24(19)23)26(30)31;27-13-15-6-11-22-21(12-15)29-25-19-8-7-17(14-28)23-18(16-4-2-1-3-5-16)9-10-20(24(19)23)26(31)30(22)25/h2-13H;1-12H. The summed E-state index contributed by atoms with van der Waals surface area (Å²) in [5, 5.41) is 34.6. The largest absolute Gasteiger partial charge is 0.268 e. The molecule has 10 heteroatoms. The Balaban J connectivity index is 0.000000139. The summed E-state index contributed by atoms with van der Waals surface area (Å²) in [4.78, 5) is 40.0. The van der Waals surface area contributed by atoms with Crippen LogP contribution in [0, 0.1) is 40.6 Å². The van der Waals surface area contributed by atoms with Crippen molar-refractivity contribution in [3.8, 4) is 40.5 Å². The molecule has 0 amide bonds. The molecule has 0 N–H and O–H groups in total. The van der Waals surface area contributed by atoms with Gasteiger partial charge in [-0.3, -0.25) is 18.4 Å². The minimum atomic E-state index is -0.202. The molecule has 0 bridgehead atoms. The molecule has 0 aliphatic heterocycles. The van der Waals surface area contributed by atoms with Crippen molar-refractivity contribution in [2.75, 3.05) is 0 Å². The molecule has 0 saturated carbocycles. The van der Waals surface area contributed by atoms with Gasteiger partial charge >= 0.3 is 0 Å². The molecule has 0 aliphatic carbocycles. The van der Waals surface area contributed by atoms with Gasteiger partial charge in [0.15, 0.2) is 5.69 Å². The maximum absolute atomic E-state index is 13.6. The number of hydrogen-bond acceptors (Lipinski definition) is 7. The lowest BCUT2D eigenvalue weighted by atomic mass is 9.91. The second kappa shape index (κ2) is 13.5. The summed E-state index contributed by atoms with van der Waals surface area (Å²) in [6.45, 7) is 7.30. The zero-order chi connectivity index (χ0) is 42.2. The molecule has 4 aromatic heterocycles. The summed E-state index contributed by atoms with van der Waals surface area (Å²) < 4.78 is 3.18. The monoisotopic (exact) mass is 792 g/mol. The van der Waals surface area contributed by atoms with Gasteiger partial charge in [0.05, 0.1) is 63.5 Å². The van der Waals surface area contributed by atoms with Gasteiger partial charge < -0.3 is 0 Å². The number of hydrogen-bond donors (Lipinski definition) is 0. The fourth-order valence-corrected chi connectivity index (χ4v) is 8.92.